The summed E-state index contributed by atoms with van der Waals surface area (Å²) in [6, 6.07) is 0.300. The van der Waals surface area contributed by atoms with Crippen molar-refractivity contribution in [2.75, 3.05) is 0 Å². The molecule has 0 radical (unpaired) electrons. The summed E-state index contributed by atoms with van der Waals surface area (Å²) >= 11 is 0. The Hall–Kier alpha value is -0.940. The lowest BCUT2D eigenvalue weighted by Crippen LogP contribution is -2.48. The zero-order valence-electron chi connectivity index (χ0n) is 10.7. The Balaban J connectivity index is 2.64. The van der Waals surface area contributed by atoms with E-state index < -0.39 is 6.10 Å². The highest BCUT2D eigenvalue weighted by Crippen LogP contribution is 2.11. The van der Waals surface area contributed by atoms with Crippen molar-refractivity contribution in [3.8, 4) is 0 Å². The molecule has 0 saturated carbocycles. The summed E-state index contributed by atoms with van der Waals surface area (Å²) in [4.78, 5) is 4.21. The van der Waals surface area contributed by atoms with Crippen molar-refractivity contribution in [1.82, 2.24) is 20.1 Å². The summed E-state index contributed by atoms with van der Waals surface area (Å²) in [5.41, 5.74) is -0.326. The third kappa shape index (κ3) is 3.02. The van der Waals surface area contributed by atoms with Crippen LogP contribution in [0.4, 0.5) is 0 Å². The Morgan fingerprint density at radius 1 is 1.44 bits per heavy atom. The second kappa shape index (κ2) is 4.93. The summed E-state index contributed by atoms with van der Waals surface area (Å²) in [6.07, 6.45) is 1.15. The van der Waals surface area contributed by atoms with Crippen LogP contribution in [0.25, 0.3) is 0 Å². The van der Waals surface area contributed by atoms with Gasteiger partial charge in [-0.3, -0.25) is 0 Å². The second-order valence-corrected chi connectivity index (χ2v) is 4.97. The van der Waals surface area contributed by atoms with Gasteiger partial charge in [-0.15, -0.1) is 0 Å². The summed E-state index contributed by atoms with van der Waals surface area (Å²) in [5.74, 6) is 0.892. The van der Waals surface area contributed by atoms with Crippen LogP contribution in [0.5, 0.6) is 0 Å². The normalized spacial score (nSPS) is 14.4. The maximum Gasteiger partial charge on any atom is 0.141 e. The fourth-order valence-corrected chi connectivity index (χ4v) is 1.29. The fraction of sp³-hybridized carbons (Fsp3) is 0.818. The van der Waals surface area contributed by atoms with E-state index in [4.69, 9.17) is 0 Å². The van der Waals surface area contributed by atoms with Gasteiger partial charge in [0.1, 0.15) is 12.2 Å². The van der Waals surface area contributed by atoms with Crippen LogP contribution in [0.3, 0.4) is 0 Å². The summed E-state index contributed by atoms with van der Waals surface area (Å²) in [6.45, 7) is 10.5. The van der Waals surface area contributed by atoms with Crippen molar-refractivity contribution in [3.63, 3.8) is 0 Å². The van der Waals surface area contributed by atoms with E-state index in [1.165, 1.54) is 0 Å². The van der Waals surface area contributed by atoms with E-state index in [0.717, 1.165) is 5.82 Å². The molecule has 1 unspecified atom stereocenters. The van der Waals surface area contributed by atoms with Gasteiger partial charge in [0, 0.05) is 11.6 Å². The van der Waals surface area contributed by atoms with Crippen molar-refractivity contribution in [2.45, 2.75) is 58.8 Å². The average Bonchev–Trinajstić information content (AvgIpc) is 2.62. The number of nitrogens with one attached hydrogen (secondary N) is 1. The minimum atomic E-state index is -0.414. The monoisotopic (exact) mass is 226 g/mol. The molecule has 0 aliphatic rings. The number of nitrogens with zero attached hydrogens (tertiary/aromatic N) is 3. The van der Waals surface area contributed by atoms with Gasteiger partial charge in [0.15, 0.2) is 0 Å². The molecule has 92 valence electrons. The number of aliphatic hydroxyl groups is 1. The van der Waals surface area contributed by atoms with Gasteiger partial charge in [0.05, 0.1) is 12.6 Å². The topological polar surface area (TPSA) is 63.0 Å². The van der Waals surface area contributed by atoms with Crippen molar-refractivity contribution in [2.24, 2.45) is 0 Å². The van der Waals surface area contributed by atoms with Gasteiger partial charge in [0.25, 0.3) is 0 Å². The predicted molar refractivity (Wildman–Crippen MR) is 63.0 cm³/mol. The highest BCUT2D eigenvalue weighted by atomic mass is 16.3. The van der Waals surface area contributed by atoms with E-state index in [-0.39, 0.29) is 5.54 Å². The largest absolute Gasteiger partial charge is 0.392 e. The van der Waals surface area contributed by atoms with Crippen molar-refractivity contribution in [1.29, 1.82) is 0 Å². The Labute approximate surface area is 96.9 Å². The zero-order valence-corrected chi connectivity index (χ0v) is 10.7. The molecule has 0 aliphatic heterocycles. The molecule has 1 aromatic rings. The first-order chi connectivity index (χ1) is 7.34. The molecule has 0 spiro atoms. The van der Waals surface area contributed by atoms with Gasteiger partial charge in [-0.2, -0.15) is 5.10 Å². The third-order valence-corrected chi connectivity index (χ3v) is 2.88. The Morgan fingerprint density at radius 3 is 2.56 bits per heavy atom. The maximum atomic E-state index is 9.58. The summed E-state index contributed by atoms with van der Waals surface area (Å²) in [7, 11) is 0. The lowest BCUT2D eigenvalue weighted by molar-refractivity contribution is 0.0947. The number of hydrogen-bond acceptors (Lipinski definition) is 4. The van der Waals surface area contributed by atoms with Crippen molar-refractivity contribution in [3.05, 3.63) is 12.2 Å². The molecular formula is C11H22N4O. The van der Waals surface area contributed by atoms with Crippen LogP contribution >= 0.6 is 0 Å². The molecule has 0 amide bonds. The zero-order chi connectivity index (χ0) is 12.3. The predicted octanol–water partition coefficient (Wildman–Crippen LogP) is 1.11. The lowest BCUT2D eigenvalue weighted by atomic mass is 9.99. The van der Waals surface area contributed by atoms with Crippen LogP contribution in [0.2, 0.25) is 0 Å². The van der Waals surface area contributed by atoms with Gasteiger partial charge in [0.2, 0.25) is 0 Å². The molecule has 0 fully saturated rings. The molecule has 1 atom stereocenters. The molecule has 1 heterocycles. The van der Waals surface area contributed by atoms with E-state index in [1.807, 2.05) is 18.5 Å². The minimum absolute atomic E-state index is 0.300. The van der Waals surface area contributed by atoms with Gasteiger partial charge in [-0.25, -0.2) is 9.67 Å². The third-order valence-electron chi connectivity index (χ3n) is 2.88. The van der Waals surface area contributed by atoms with E-state index in [0.29, 0.717) is 12.6 Å². The first-order valence-corrected chi connectivity index (χ1v) is 5.66. The van der Waals surface area contributed by atoms with Gasteiger partial charge in [-0.1, -0.05) is 0 Å². The summed E-state index contributed by atoms with van der Waals surface area (Å²) in [5, 5.41) is 17.0. The molecule has 1 aromatic heterocycles. The van der Waals surface area contributed by atoms with Crippen LogP contribution in [-0.2, 0) is 6.54 Å². The van der Waals surface area contributed by atoms with Crippen molar-refractivity contribution < 1.29 is 5.11 Å². The minimum Gasteiger partial charge on any atom is -0.392 e. The number of rotatable bonds is 5. The summed E-state index contributed by atoms with van der Waals surface area (Å²) < 4.78 is 1.88. The molecule has 0 aliphatic carbocycles. The van der Waals surface area contributed by atoms with E-state index in [9.17, 15) is 5.11 Å². The smallest absolute Gasteiger partial charge is 0.141 e. The number of aliphatic hydroxyl groups excluding tert-OH is 1. The molecule has 5 nitrogen and oxygen atoms in total. The van der Waals surface area contributed by atoms with Crippen LogP contribution in [0.15, 0.2) is 6.33 Å². The highest BCUT2D eigenvalue weighted by molar-refractivity contribution is 4.90. The van der Waals surface area contributed by atoms with E-state index >= 15 is 0 Å². The number of hydrogen-bond donors (Lipinski definition) is 2. The molecule has 0 bridgehead atoms. The molecule has 0 aromatic carbocycles. The first kappa shape index (κ1) is 13.1. The van der Waals surface area contributed by atoms with Gasteiger partial charge < -0.3 is 10.4 Å². The van der Waals surface area contributed by atoms with Crippen LogP contribution < -0.4 is 5.32 Å². The fourth-order valence-electron chi connectivity index (χ4n) is 1.29. The molecule has 5 heteroatoms. The Kier molecular flexibility index (Phi) is 4.04. The standard InChI is InChI=1S/C11H22N4O/c1-8(2)15-10(12-7-14-15)6-13-11(4,5)9(3)16/h7-9,13,16H,6H2,1-5H3. The quantitative estimate of drug-likeness (QED) is 0.789. The van der Waals surface area contributed by atoms with Crippen LogP contribution in [0, 0.1) is 0 Å². The Morgan fingerprint density at radius 2 is 2.06 bits per heavy atom. The highest BCUT2D eigenvalue weighted by Gasteiger charge is 2.23. The van der Waals surface area contributed by atoms with Gasteiger partial charge >= 0.3 is 0 Å². The van der Waals surface area contributed by atoms with Crippen LogP contribution in [0.1, 0.15) is 46.5 Å². The van der Waals surface area contributed by atoms with E-state index in [2.05, 4.69) is 29.2 Å². The average molecular weight is 226 g/mol. The second-order valence-electron chi connectivity index (χ2n) is 4.97. The van der Waals surface area contributed by atoms with Crippen LogP contribution in [-0.4, -0.2) is 31.5 Å². The SMILES string of the molecule is CC(C)n1ncnc1CNC(C)(C)C(C)O. The first-order valence-electron chi connectivity index (χ1n) is 5.66. The Bertz CT molecular complexity index is 330. The maximum absolute atomic E-state index is 9.58. The molecule has 1 rings (SSSR count). The molecular weight excluding hydrogens is 204 g/mol. The van der Waals surface area contributed by atoms with Crippen molar-refractivity contribution >= 4 is 0 Å². The number of aromatic nitrogens is 3. The van der Waals surface area contributed by atoms with E-state index in [1.54, 1.807) is 13.3 Å². The molecule has 16 heavy (non-hydrogen) atoms. The van der Waals surface area contributed by atoms with Gasteiger partial charge in [-0.05, 0) is 34.6 Å². The lowest BCUT2D eigenvalue weighted by Gasteiger charge is -2.29. The molecule has 2 N–H and O–H groups in total. The molecule has 0 saturated heterocycles.